The Labute approximate surface area is 164 Å². The Balaban J connectivity index is 1.65. The summed E-state index contributed by atoms with van der Waals surface area (Å²) >= 11 is 3.24. The molecular weight excluding hydrogens is 384 g/mol. The highest BCUT2D eigenvalue weighted by Gasteiger charge is 2.12. The molecule has 0 atom stereocenters. The Morgan fingerprint density at radius 3 is 2.89 bits per heavy atom. The number of carbonyl (C=O) groups is 1. The van der Waals surface area contributed by atoms with Gasteiger partial charge in [0, 0.05) is 23.4 Å². The number of anilines is 1. The van der Waals surface area contributed by atoms with Crippen LogP contribution in [0.4, 0.5) is 5.69 Å². The largest absolute Gasteiger partial charge is 0.411 e. The van der Waals surface area contributed by atoms with Gasteiger partial charge in [-0.3, -0.25) is 4.79 Å². The first-order valence-corrected chi connectivity index (χ1v) is 10.2. The number of oxime groups is 1. The Morgan fingerprint density at radius 1 is 1.37 bits per heavy atom. The summed E-state index contributed by atoms with van der Waals surface area (Å²) in [7, 11) is 0. The molecule has 142 valence electrons. The number of amides is 1. The highest BCUT2D eigenvalue weighted by Crippen LogP contribution is 2.34. The summed E-state index contributed by atoms with van der Waals surface area (Å²) in [6, 6.07) is 5.68. The number of rotatable bonds is 7. The lowest BCUT2D eigenvalue weighted by molar-refractivity contribution is -0.116. The van der Waals surface area contributed by atoms with Crippen molar-refractivity contribution in [3.8, 4) is 0 Å². The molecule has 0 radical (unpaired) electrons. The molecule has 0 saturated heterocycles. The molecule has 0 unspecified atom stereocenters. The van der Waals surface area contributed by atoms with Gasteiger partial charge < -0.3 is 15.0 Å². The molecule has 0 spiro atoms. The molecule has 2 aromatic heterocycles. The first-order valence-electron chi connectivity index (χ1n) is 8.38. The Bertz CT molecular complexity index is 974. The fourth-order valence-electron chi connectivity index (χ4n) is 2.45. The van der Waals surface area contributed by atoms with E-state index in [0.29, 0.717) is 12.1 Å². The quantitative estimate of drug-likeness (QED) is 0.255. The molecule has 0 aliphatic heterocycles. The zero-order valence-corrected chi connectivity index (χ0v) is 16.9. The number of thiazole rings is 1. The smallest absolute Gasteiger partial charge is 0.224 e. The van der Waals surface area contributed by atoms with Crippen LogP contribution in [0.15, 0.2) is 32.2 Å². The van der Waals surface area contributed by atoms with Crippen LogP contribution in [0.2, 0.25) is 0 Å². The molecule has 0 bridgehead atoms. The number of nitrogens with one attached hydrogen (secondary N) is 1. The van der Waals surface area contributed by atoms with Crippen LogP contribution in [0.3, 0.4) is 0 Å². The fraction of sp³-hybridized carbons (Fsp3) is 0.333. The average molecular weight is 405 g/mol. The van der Waals surface area contributed by atoms with Crippen molar-refractivity contribution in [3.05, 3.63) is 35.2 Å². The highest BCUT2D eigenvalue weighted by molar-refractivity contribution is 8.00. The second-order valence-corrected chi connectivity index (χ2v) is 8.39. The number of aromatic nitrogens is 2. The topological polar surface area (TPSA) is 101 Å². The number of carbonyl (C=O) groups excluding carboxylic acids is 1. The highest BCUT2D eigenvalue weighted by atomic mass is 32.2. The predicted molar refractivity (Wildman–Crippen MR) is 108 cm³/mol. The van der Waals surface area contributed by atoms with Crippen molar-refractivity contribution in [1.82, 2.24) is 10.1 Å². The van der Waals surface area contributed by atoms with E-state index in [1.165, 1.54) is 0 Å². The number of hydrogen-bond donors (Lipinski definition) is 2. The lowest BCUT2D eigenvalue weighted by atomic mass is 10.2. The molecular formula is C18H20N4O3S2. The van der Waals surface area contributed by atoms with Crippen LogP contribution in [-0.2, 0) is 10.5 Å². The van der Waals surface area contributed by atoms with Crippen LogP contribution in [0.25, 0.3) is 10.2 Å². The average Bonchev–Trinajstić information content (AvgIpc) is 3.20. The van der Waals surface area contributed by atoms with E-state index in [9.17, 15) is 4.79 Å². The Hall–Kier alpha value is -2.39. The summed E-state index contributed by atoms with van der Waals surface area (Å²) in [6.07, 6.45) is 0.697. The molecule has 7 nitrogen and oxygen atoms in total. The van der Waals surface area contributed by atoms with Gasteiger partial charge in [0.25, 0.3) is 0 Å². The van der Waals surface area contributed by atoms with Gasteiger partial charge in [-0.25, -0.2) is 4.98 Å². The van der Waals surface area contributed by atoms with Gasteiger partial charge in [0.05, 0.1) is 21.6 Å². The maximum Gasteiger partial charge on any atom is 0.224 e. The summed E-state index contributed by atoms with van der Waals surface area (Å²) in [5.41, 5.74) is 4.18. The van der Waals surface area contributed by atoms with E-state index in [2.05, 4.69) is 20.6 Å². The standard InChI is InChI=1S/C18H20N4O3S2/c1-10(21-24)4-7-17(23)19-13-5-6-15-16(8-13)27-18(20-15)26-9-14-11(2)22-25-12(14)3/h5-6,8,24H,4,7,9H2,1-3H3,(H,19,23). The minimum absolute atomic E-state index is 0.116. The third-order valence-corrected chi connectivity index (χ3v) is 6.25. The van der Waals surface area contributed by atoms with Crippen LogP contribution in [0.1, 0.15) is 36.8 Å². The number of fused-ring (bicyclic) bond motifs is 1. The number of aryl methyl sites for hydroxylation is 2. The van der Waals surface area contributed by atoms with Crippen LogP contribution in [-0.4, -0.2) is 27.0 Å². The van der Waals surface area contributed by atoms with Crippen LogP contribution in [0, 0.1) is 13.8 Å². The lowest BCUT2D eigenvalue weighted by Crippen LogP contribution is -2.12. The van der Waals surface area contributed by atoms with Crippen LogP contribution >= 0.6 is 23.1 Å². The zero-order chi connectivity index (χ0) is 19.4. The molecule has 3 aromatic rings. The lowest BCUT2D eigenvalue weighted by Gasteiger charge is -2.04. The van der Waals surface area contributed by atoms with Crippen molar-refractivity contribution in [2.45, 2.75) is 43.7 Å². The fourth-order valence-corrected chi connectivity index (χ4v) is 4.71. The zero-order valence-electron chi connectivity index (χ0n) is 15.3. The first-order chi connectivity index (χ1) is 13.0. The van der Waals surface area contributed by atoms with Gasteiger partial charge >= 0.3 is 0 Å². The maximum atomic E-state index is 12.0. The molecule has 0 saturated carbocycles. The van der Waals surface area contributed by atoms with Crippen molar-refractivity contribution in [1.29, 1.82) is 0 Å². The van der Waals surface area contributed by atoms with Gasteiger partial charge in [0.15, 0.2) is 4.34 Å². The van der Waals surface area contributed by atoms with Gasteiger partial charge in [-0.05, 0) is 45.4 Å². The van der Waals surface area contributed by atoms with E-state index < -0.39 is 0 Å². The van der Waals surface area contributed by atoms with E-state index >= 15 is 0 Å². The molecule has 9 heteroatoms. The molecule has 3 rings (SSSR count). The first kappa shape index (κ1) is 19.4. The van der Waals surface area contributed by atoms with Crippen molar-refractivity contribution < 1.29 is 14.5 Å². The molecule has 1 amide bonds. The van der Waals surface area contributed by atoms with Gasteiger partial charge in [0.1, 0.15) is 5.76 Å². The number of hydrogen-bond acceptors (Lipinski definition) is 8. The van der Waals surface area contributed by atoms with Gasteiger partial charge in [0.2, 0.25) is 5.91 Å². The molecule has 27 heavy (non-hydrogen) atoms. The summed E-state index contributed by atoms with van der Waals surface area (Å²) in [5.74, 6) is 1.48. The van der Waals surface area contributed by atoms with E-state index in [0.717, 1.165) is 43.0 Å². The van der Waals surface area contributed by atoms with Gasteiger partial charge in [-0.2, -0.15) is 0 Å². The second-order valence-electron chi connectivity index (χ2n) is 6.14. The molecule has 0 fully saturated rings. The molecule has 2 heterocycles. The summed E-state index contributed by atoms with van der Waals surface area (Å²) in [6.45, 7) is 5.53. The van der Waals surface area contributed by atoms with E-state index in [-0.39, 0.29) is 12.3 Å². The van der Waals surface area contributed by atoms with Crippen molar-refractivity contribution in [3.63, 3.8) is 0 Å². The number of nitrogens with zero attached hydrogens (tertiary/aromatic N) is 3. The molecule has 0 aliphatic carbocycles. The van der Waals surface area contributed by atoms with Gasteiger partial charge in [-0.1, -0.05) is 22.1 Å². The summed E-state index contributed by atoms with van der Waals surface area (Å²) in [4.78, 5) is 16.6. The number of thioether (sulfide) groups is 1. The number of benzene rings is 1. The molecule has 1 aromatic carbocycles. The van der Waals surface area contributed by atoms with E-state index in [4.69, 9.17) is 9.73 Å². The van der Waals surface area contributed by atoms with Crippen molar-refractivity contribution in [2.24, 2.45) is 5.16 Å². The Morgan fingerprint density at radius 2 is 2.19 bits per heavy atom. The third-order valence-electron chi connectivity index (χ3n) is 4.06. The summed E-state index contributed by atoms with van der Waals surface area (Å²) < 4.78 is 7.17. The molecule has 2 N–H and O–H groups in total. The van der Waals surface area contributed by atoms with Crippen molar-refractivity contribution >= 4 is 50.6 Å². The predicted octanol–water partition coefficient (Wildman–Crippen LogP) is 4.76. The minimum atomic E-state index is -0.116. The van der Waals surface area contributed by atoms with Crippen LogP contribution < -0.4 is 5.32 Å². The van der Waals surface area contributed by atoms with Crippen LogP contribution in [0.5, 0.6) is 0 Å². The van der Waals surface area contributed by atoms with E-state index in [1.54, 1.807) is 30.0 Å². The molecule has 0 aliphatic rings. The maximum absolute atomic E-state index is 12.0. The minimum Gasteiger partial charge on any atom is -0.411 e. The van der Waals surface area contributed by atoms with Gasteiger partial charge in [-0.15, -0.1) is 11.3 Å². The monoisotopic (exact) mass is 404 g/mol. The second kappa shape index (κ2) is 8.53. The van der Waals surface area contributed by atoms with E-state index in [1.807, 2.05) is 32.0 Å². The van der Waals surface area contributed by atoms with Crippen molar-refractivity contribution in [2.75, 3.05) is 5.32 Å². The Kier molecular flexibility index (Phi) is 6.12. The normalized spacial score (nSPS) is 11.9. The third kappa shape index (κ3) is 4.86. The SMILES string of the molecule is CC(CCC(=O)Nc1ccc2nc(SCc3c(C)noc3C)sc2c1)=NO. The summed E-state index contributed by atoms with van der Waals surface area (Å²) in [5, 5.41) is 18.6.